The van der Waals surface area contributed by atoms with Crippen molar-refractivity contribution in [3.63, 3.8) is 0 Å². The van der Waals surface area contributed by atoms with Crippen LogP contribution >= 0.6 is 11.6 Å². The van der Waals surface area contributed by atoms with Crippen LogP contribution in [0.5, 0.6) is 11.8 Å². The van der Waals surface area contributed by atoms with E-state index in [9.17, 15) is 0 Å². The predicted molar refractivity (Wildman–Crippen MR) is 99.8 cm³/mol. The Morgan fingerprint density at radius 1 is 1.35 bits per heavy atom. The Morgan fingerprint density at radius 2 is 2.15 bits per heavy atom. The Labute approximate surface area is 155 Å². The van der Waals surface area contributed by atoms with Crippen molar-refractivity contribution < 1.29 is 4.74 Å². The molecule has 2 fully saturated rings. The fraction of sp³-hybridized carbons (Fsp3) is 0.389. The first kappa shape index (κ1) is 15.8. The number of nitrogens with zero attached hydrogens (tertiary/aromatic N) is 4. The summed E-state index contributed by atoms with van der Waals surface area (Å²) >= 11 is 6.62. The van der Waals surface area contributed by atoms with Gasteiger partial charge in [-0.1, -0.05) is 18.5 Å². The maximum Gasteiger partial charge on any atom is 0.326 e. The van der Waals surface area contributed by atoms with E-state index in [0.717, 1.165) is 36.4 Å². The molecule has 0 aromatic carbocycles. The Morgan fingerprint density at radius 3 is 2.85 bits per heavy atom. The second-order valence-corrected chi connectivity index (χ2v) is 7.30. The molecule has 1 aliphatic carbocycles. The molecule has 0 bridgehead atoms. The predicted octanol–water partition coefficient (Wildman–Crippen LogP) is 2.75. The van der Waals surface area contributed by atoms with Gasteiger partial charge in [0, 0.05) is 31.0 Å². The number of anilines is 1. The van der Waals surface area contributed by atoms with E-state index in [4.69, 9.17) is 22.1 Å². The maximum atomic E-state index is 6.62. The van der Waals surface area contributed by atoms with Crippen LogP contribution in [0.15, 0.2) is 24.5 Å². The molecule has 7 nitrogen and oxygen atoms in total. The summed E-state index contributed by atoms with van der Waals surface area (Å²) in [6.07, 6.45) is 4.13. The van der Waals surface area contributed by atoms with Crippen molar-refractivity contribution in [2.75, 3.05) is 18.0 Å². The maximum absolute atomic E-state index is 6.62. The van der Waals surface area contributed by atoms with Crippen LogP contribution in [0, 0.1) is 11.8 Å². The number of halogens is 1. The molecule has 26 heavy (non-hydrogen) atoms. The van der Waals surface area contributed by atoms with Gasteiger partial charge in [-0.15, -0.1) is 0 Å². The Hall–Kier alpha value is -2.38. The first-order valence-corrected chi connectivity index (χ1v) is 9.20. The van der Waals surface area contributed by atoms with Gasteiger partial charge >= 0.3 is 6.01 Å². The molecule has 2 aliphatic rings. The lowest BCUT2D eigenvalue weighted by Gasteiger charge is -2.21. The number of pyridine rings is 1. The minimum atomic E-state index is 0.283. The summed E-state index contributed by atoms with van der Waals surface area (Å²) in [4.78, 5) is 18.8. The van der Waals surface area contributed by atoms with Crippen molar-refractivity contribution in [3.05, 3.63) is 35.2 Å². The smallest absolute Gasteiger partial charge is 0.326 e. The summed E-state index contributed by atoms with van der Waals surface area (Å²) in [5, 5.41) is 1.55. The van der Waals surface area contributed by atoms with Crippen LogP contribution in [0.2, 0.25) is 5.02 Å². The molecular formula is C18H19ClN6O. The largest absolute Gasteiger partial charge is 0.423 e. The zero-order chi connectivity index (χ0) is 17.8. The van der Waals surface area contributed by atoms with Crippen LogP contribution in [0.3, 0.4) is 0 Å². The van der Waals surface area contributed by atoms with Crippen LogP contribution in [-0.2, 0) is 6.42 Å². The zero-order valence-corrected chi connectivity index (χ0v) is 15.1. The van der Waals surface area contributed by atoms with Crippen molar-refractivity contribution in [1.29, 1.82) is 0 Å². The third-order valence-electron chi connectivity index (χ3n) is 5.38. The number of nitrogens with two attached hydrogens (primary N) is 1. The molecule has 0 amide bonds. The highest BCUT2D eigenvalue weighted by Crippen LogP contribution is 2.47. The Kier molecular flexibility index (Phi) is 3.55. The van der Waals surface area contributed by atoms with E-state index in [1.165, 1.54) is 0 Å². The standard InChI is InChI=1S/C18H19ClN6O/c1-2-12-14(19)13-16(22-12)23-18(26-9-4-3-5-21-6-9)24-17(13)25-7-10-11(8-25)15(10)20/h3-6,10-11,15H,2,7-8,20H2,1H3,(H,22,23,24). The third kappa shape index (κ3) is 2.42. The zero-order valence-electron chi connectivity index (χ0n) is 14.3. The van der Waals surface area contributed by atoms with Gasteiger partial charge in [0.2, 0.25) is 0 Å². The second kappa shape index (κ2) is 5.82. The summed E-state index contributed by atoms with van der Waals surface area (Å²) in [7, 11) is 0. The number of hydrogen-bond donors (Lipinski definition) is 2. The van der Waals surface area contributed by atoms with E-state index in [1.807, 2.05) is 12.1 Å². The molecule has 5 rings (SSSR count). The molecule has 3 N–H and O–H groups in total. The van der Waals surface area contributed by atoms with Gasteiger partial charge in [-0.25, -0.2) is 0 Å². The van der Waals surface area contributed by atoms with E-state index in [-0.39, 0.29) is 6.01 Å². The summed E-state index contributed by atoms with van der Waals surface area (Å²) in [5.74, 6) is 2.50. The molecule has 3 aromatic heterocycles. The Bertz CT molecular complexity index is 963. The number of nitrogens with one attached hydrogen (secondary N) is 1. The number of hydrogen-bond acceptors (Lipinski definition) is 6. The fourth-order valence-electron chi connectivity index (χ4n) is 3.85. The van der Waals surface area contributed by atoms with Gasteiger partial charge < -0.3 is 20.4 Å². The molecule has 1 saturated heterocycles. The van der Waals surface area contributed by atoms with Crippen molar-refractivity contribution in [3.8, 4) is 11.8 Å². The van der Waals surface area contributed by atoms with E-state index in [0.29, 0.717) is 34.3 Å². The molecular weight excluding hydrogens is 352 g/mol. The first-order valence-electron chi connectivity index (χ1n) is 8.82. The molecule has 4 heterocycles. The molecule has 3 aromatic rings. The molecule has 1 saturated carbocycles. The molecule has 134 valence electrons. The number of ether oxygens (including phenoxy) is 1. The average Bonchev–Trinajstić information content (AvgIpc) is 3.02. The molecule has 0 spiro atoms. The normalized spacial score (nSPS) is 24.1. The monoisotopic (exact) mass is 370 g/mol. The van der Waals surface area contributed by atoms with E-state index >= 15 is 0 Å². The summed E-state index contributed by atoms with van der Waals surface area (Å²) in [6.45, 7) is 3.85. The number of aromatic amines is 1. The van der Waals surface area contributed by atoms with Crippen LogP contribution in [0.4, 0.5) is 5.82 Å². The number of aromatic nitrogens is 4. The van der Waals surface area contributed by atoms with Crippen molar-refractivity contribution in [1.82, 2.24) is 19.9 Å². The molecule has 1 aliphatic heterocycles. The third-order valence-corrected chi connectivity index (χ3v) is 5.80. The lowest BCUT2D eigenvalue weighted by molar-refractivity contribution is 0.442. The lowest BCUT2D eigenvalue weighted by Crippen LogP contribution is -2.29. The van der Waals surface area contributed by atoms with Gasteiger partial charge in [-0.2, -0.15) is 9.97 Å². The van der Waals surface area contributed by atoms with Crippen molar-refractivity contribution in [2.45, 2.75) is 19.4 Å². The molecule has 0 radical (unpaired) electrons. The topological polar surface area (TPSA) is 92.9 Å². The molecule has 2 unspecified atom stereocenters. The number of fused-ring (bicyclic) bond motifs is 2. The van der Waals surface area contributed by atoms with Gasteiger partial charge in [0.25, 0.3) is 0 Å². The van der Waals surface area contributed by atoms with Gasteiger partial charge in [-0.3, -0.25) is 4.98 Å². The van der Waals surface area contributed by atoms with Crippen LogP contribution in [0.25, 0.3) is 11.0 Å². The minimum absolute atomic E-state index is 0.283. The first-order chi connectivity index (χ1) is 12.7. The van der Waals surface area contributed by atoms with E-state index < -0.39 is 0 Å². The Balaban J connectivity index is 1.59. The average molecular weight is 371 g/mol. The number of aryl methyl sites for hydroxylation is 1. The summed E-state index contributed by atoms with van der Waals surface area (Å²) in [6, 6.07) is 4.24. The lowest BCUT2D eigenvalue weighted by atomic mass is 10.2. The van der Waals surface area contributed by atoms with Gasteiger partial charge in [0.05, 0.1) is 16.6 Å². The van der Waals surface area contributed by atoms with Crippen LogP contribution in [0.1, 0.15) is 12.6 Å². The summed E-state index contributed by atoms with van der Waals surface area (Å²) < 4.78 is 5.83. The SMILES string of the molecule is CCc1[nH]c2nc(Oc3cccnc3)nc(N3CC4C(N)C4C3)c2c1Cl. The van der Waals surface area contributed by atoms with Crippen molar-refractivity contribution >= 4 is 28.5 Å². The second-order valence-electron chi connectivity index (χ2n) is 6.93. The fourth-order valence-corrected chi connectivity index (χ4v) is 4.20. The highest BCUT2D eigenvalue weighted by molar-refractivity contribution is 6.37. The summed E-state index contributed by atoms with van der Waals surface area (Å²) in [5.41, 5.74) is 7.74. The number of rotatable bonds is 4. The van der Waals surface area contributed by atoms with Gasteiger partial charge in [-0.05, 0) is 30.4 Å². The number of H-pyrrole nitrogens is 1. The van der Waals surface area contributed by atoms with Crippen LogP contribution < -0.4 is 15.4 Å². The van der Waals surface area contributed by atoms with Crippen molar-refractivity contribution in [2.24, 2.45) is 17.6 Å². The van der Waals surface area contributed by atoms with E-state index in [1.54, 1.807) is 12.4 Å². The minimum Gasteiger partial charge on any atom is -0.423 e. The van der Waals surface area contributed by atoms with E-state index in [2.05, 4.69) is 31.8 Å². The van der Waals surface area contributed by atoms with Gasteiger partial charge in [0.1, 0.15) is 17.2 Å². The van der Waals surface area contributed by atoms with Crippen LogP contribution in [-0.4, -0.2) is 39.1 Å². The number of piperidine rings is 1. The molecule has 2 atom stereocenters. The quantitative estimate of drug-likeness (QED) is 0.733. The molecule has 8 heteroatoms. The highest BCUT2D eigenvalue weighted by Gasteiger charge is 2.54. The van der Waals surface area contributed by atoms with Gasteiger partial charge in [0.15, 0.2) is 0 Å². The highest BCUT2D eigenvalue weighted by atomic mass is 35.5.